The van der Waals surface area contributed by atoms with Crippen molar-refractivity contribution in [1.29, 1.82) is 0 Å². The maximum Gasteiger partial charge on any atom is 0.127 e. The Balaban J connectivity index is 2.04. The summed E-state index contributed by atoms with van der Waals surface area (Å²) in [6.07, 6.45) is 1.14. The van der Waals surface area contributed by atoms with Gasteiger partial charge in [0.05, 0.1) is 0 Å². The molecule has 2 rings (SSSR count). The second kappa shape index (κ2) is 6.38. The molecule has 0 bridgehead atoms. The largest absolute Gasteiger partial charge is 0.324 e. The summed E-state index contributed by atoms with van der Waals surface area (Å²) < 4.78 is 13.6. The fraction of sp³-hybridized carbons (Fsp3) is 0.200. The Kier molecular flexibility index (Phi) is 4.81. The summed E-state index contributed by atoms with van der Waals surface area (Å²) in [4.78, 5) is 0. The Morgan fingerprint density at radius 1 is 1.05 bits per heavy atom. The number of hydrogen-bond donors (Lipinski definition) is 1. The van der Waals surface area contributed by atoms with Gasteiger partial charge >= 0.3 is 0 Å². The molecule has 0 heterocycles. The second-order valence-electron chi connectivity index (χ2n) is 4.40. The number of halogens is 3. The number of rotatable bonds is 4. The van der Waals surface area contributed by atoms with Gasteiger partial charge in [0.1, 0.15) is 5.82 Å². The highest BCUT2D eigenvalue weighted by Gasteiger charge is 2.11. The lowest BCUT2D eigenvalue weighted by atomic mass is 9.99. The lowest BCUT2D eigenvalue weighted by Crippen LogP contribution is -2.11. The first-order chi connectivity index (χ1) is 9.08. The fourth-order valence-corrected chi connectivity index (χ4v) is 2.33. The molecule has 1 atom stereocenters. The van der Waals surface area contributed by atoms with Crippen LogP contribution in [0, 0.1) is 5.82 Å². The Morgan fingerprint density at radius 3 is 2.37 bits per heavy atom. The van der Waals surface area contributed by atoms with Crippen LogP contribution in [-0.4, -0.2) is 0 Å². The van der Waals surface area contributed by atoms with Crippen molar-refractivity contribution < 1.29 is 4.39 Å². The third kappa shape index (κ3) is 3.69. The van der Waals surface area contributed by atoms with Crippen LogP contribution in [0.5, 0.6) is 0 Å². The number of benzene rings is 2. The minimum atomic E-state index is -0.282. The molecule has 0 aliphatic heterocycles. The molecular weight excluding hydrogens is 284 g/mol. The third-order valence-electron chi connectivity index (χ3n) is 3.07. The molecule has 0 saturated heterocycles. The van der Waals surface area contributed by atoms with Gasteiger partial charge in [-0.1, -0.05) is 41.4 Å². The molecule has 1 nitrogen and oxygen atoms in total. The maximum absolute atomic E-state index is 13.6. The predicted octanol–water partition coefficient (Wildman–Crippen LogP) is 4.77. The summed E-state index contributed by atoms with van der Waals surface area (Å²) in [6.45, 7) is 0. The van der Waals surface area contributed by atoms with Crippen molar-refractivity contribution in [3.63, 3.8) is 0 Å². The van der Waals surface area contributed by atoms with Gasteiger partial charge in [-0.3, -0.25) is 0 Å². The standard InChI is InChI=1S/C15H14Cl2FN/c16-11-6-4-10(5-7-11)15(19)9-8-12-13(17)2-1-3-14(12)18/h1-7,15H,8-9,19H2. The molecule has 0 aliphatic carbocycles. The van der Waals surface area contributed by atoms with Crippen LogP contribution in [-0.2, 0) is 6.42 Å². The van der Waals surface area contributed by atoms with Crippen LogP contribution in [0.1, 0.15) is 23.6 Å². The van der Waals surface area contributed by atoms with Crippen molar-refractivity contribution in [1.82, 2.24) is 0 Å². The van der Waals surface area contributed by atoms with E-state index in [4.69, 9.17) is 28.9 Å². The van der Waals surface area contributed by atoms with Crippen LogP contribution in [0.25, 0.3) is 0 Å². The van der Waals surface area contributed by atoms with Crippen LogP contribution in [0.3, 0.4) is 0 Å². The summed E-state index contributed by atoms with van der Waals surface area (Å²) >= 11 is 11.8. The van der Waals surface area contributed by atoms with E-state index >= 15 is 0 Å². The van der Waals surface area contributed by atoms with Gasteiger partial charge in [-0.05, 0) is 42.7 Å². The van der Waals surface area contributed by atoms with Crippen LogP contribution in [0.15, 0.2) is 42.5 Å². The monoisotopic (exact) mass is 297 g/mol. The molecule has 0 fully saturated rings. The lowest BCUT2D eigenvalue weighted by molar-refractivity contribution is 0.587. The molecule has 0 aliphatic rings. The molecule has 4 heteroatoms. The van der Waals surface area contributed by atoms with Gasteiger partial charge < -0.3 is 5.73 Å². The van der Waals surface area contributed by atoms with Crippen molar-refractivity contribution in [2.24, 2.45) is 5.73 Å². The SMILES string of the molecule is NC(CCc1c(F)cccc1Cl)c1ccc(Cl)cc1. The first-order valence-corrected chi connectivity index (χ1v) is 6.77. The van der Waals surface area contributed by atoms with E-state index in [-0.39, 0.29) is 11.9 Å². The van der Waals surface area contributed by atoms with Gasteiger partial charge in [-0.2, -0.15) is 0 Å². The van der Waals surface area contributed by atoms with Gasteiger partial charge in [-0.15, -0.1) is 0 Å². The van der Waals surface area contributed by atoms with Crippen LogP contribution in [0.2, 0.25) is 10.0 Å². The van der Waals surface area contributed by atoms with E-state index < -0.39 is 0 Å². The average Bonchev–Trinajstić information content (AvgIpc) is 2.38. The maximum atomic E-state index is 13.6. The second-order valence-corrected chi connectivity index (χ2v) is 5.24. The smallest absolute Gasteiger partial charge is 0.127 e. The quantitative estimate of drug-likeness (QED) is 0.865. The molecular formula is C15H14Cl2FN. The van der Waals surface area contributed by atoms with Crippen LogP contribution >= 0.6 is 23.2 Å². The van der Waals surface area contributed by atoms with Crippen LogP contribution in [0.4, 0.5) is 4.39 Å². The Bertz CT molecular complexity index is 534. The zero-order valence-electron chi connectivity index (χ0n) is 10.2. The van der Waals surface area contributed by atoms with Crippen molar-refractivity contribution >= 4 is 23.2 Å². The molecule has 2 aromatic rings. The summed E-state index contributed by atoms with van der Waals surface area (Å²) in [5, 5.41) is 1.12. The molecule has 0 aromatic heterocycles. The number of hydrogen-bond acceptors (Lipinski definition) is 1. The van der Waals surface area contributed by atoms with Gasteiger partial charge in [0.25, 0.3) is 0 Å². The Hall–Kier alpha value is -1.09. The topological polar surface area (TPSA) is 26.0 Å². The Morgan fingerprint density at radius 2 is 1.74 bits per heavy atom. The first kappa shape index (κ1) is 14.3. The molecule has 19 heavy (non-hydrogen) atoms. The lowest BCUT2D eigenvalue weighted by Gasteiger charge is -2.13. The normalized spacial score (nSPS) is 12.4. The van der Waals surface area contributed by atoms with E-state index in [1.165, 1.54) is 6.07 Å². The van der Waals surface area contributed by atoms with E-state index in [9.17, 15) is 4.39 Å². The molecule has 1 unspecified atom stereocenters. The van der Waals surface area contributed by atoms with Crippen molar-refractivity contribution in [2.45, 2.75) is 18.9 Å². The zero-order valence-corrected chi connectivity index (χ0v) is 11.8. The summed E-state index contributed by atoms with van der Waals surface area (Å²) in [5.41, 5.74) is 7.59. The van der Waals surface area contributed by atoms with E-state index in [1.54, 1.807) is 24.3 Å². The van der Waals surface area contributed by atoms with E-state index in [1.807, 2.05) is 12.1 Å². The fourth-order valence-electron chi connectivity index (χ4n) is 1.95. The zero-order chi connectivity index (χ0) is 13.8. The molecule has 0 radical (unpaired) electrons. The van der Waals surface area contributed by atoms with Crippen LogP contribution < -0.4 is 5.73 Å². The molecule has 0 saturated carbocycles. The highest BCUT2D eigenvalue weighted by molar-refractivity contribution is 6.31. The Labute approximate surface area is 122 Å². The highest BCUT2D eigenvalue weighted by atomic mass is 35.5. The van der Waals surface area contributed by atoms with Crippen molar-refractivity contribution in [3.05, 3.63) is 69.5 Å². The minimum Gasteiger partial charge on any atom is -0.324 e. The van der Waals surface area contributed by atoms with E-state index in [0.29, 0.717) is 28.5 Å². The highest BCUT2D eigenvalue weighted by Crippen LogP contribution is 2.24. The van der Waals surface area contributed by atoms with Gasteiger partial charge in [-0.25, -0.2) is 4.39 Å². The predicted molar refractivity (Wildman–Crippen MR) is 78.1 cm³/mol. The van der Waals surface area contributed by atoms with Gasteiger partial charge in [0.2, 0.25) is 0 Å². The minimum absolute atomic E-state index is 0.159. The number of nitrogens with two attached hydrogens (primary N) is 1. The van der Waals surface area contributed by atoms with Gasteiger partial charge in [0, 0.05) is 21.7 Å². The summed E-state index contributed by atoms with van der Waals surface area (Å²) in [6, 6.07) is 11.9. The molecule has 2 aromatic carbocycles. The summed E-state index contributed by atoms with van der Waals surface area (Å²) in [5.74, 6) is -0.282. The molecule has 0 spiro atoms. The third-order valence-corrected chi connectivity index (χ3v) is 3.67. The molecule has 0 amide bonds. The average molecular weight is 298 g/mol. The van der Waals surface area contributed by atoms with Crippen molar-refractivity contribution in [3.8, 4) is 0 Å². The van der Waals surface area contributed by atoms with E-state index in [0.717, 1.165) is 5.56 Å². The summed E-state index contributed by atoms with van der Waals surface area (Å²) in [7, 11) is 0. The first-order valence-electron chi connectivity index (χ1n) is 6.02. The van der Waals surface area contributed by atoms with E-state index in [2.05, 4.69) is 0 Å². The molecule has 100 valence electrons. The van der Waals surface area contributed by atoms with Crippen molar-refractivity contribution in [2.75, 3.05) is 0 Å². The van der Waals surface area contributed by atoms with Gasteiger partial charge in [0.15, 0.2) is 0 Å². The molecule has 2 N–H and O–H groups in total.